The second kappa shape index (κ2) is 10.5. The lowest BCUT2D eigenvalue weighted by Gasteiger charge is -2.16. The van der Waals surface area contributed by atoms with E-state index >= 15 is 0 Å². The van der Waals surface area contributed by atoms with Crippen LogP contribution in [0.2, 0.25) is 0 Å². The highest BCUT2D eigenvalue weighted by molar-refractivity contribution is 7.89. The summed E-state index contributed by atoms with van der Waals surface area (Å²) >= 11 is 0. The number of para-hydroxylation sites is 1. The summed E-state index contributed by atoms with van der Waals surface area (Å²) in [4.78, 5) is 15.3. The van der Waals surface area contributed by atoms with Gasteiger partial charge in [-0.15, -0.1) is 0 Å². The van der Waals surface area contributed by atoms with Crippen molar-refractivity contribution >= 4 is 26.9 Å². The van der Waals surface area contributed by atoms with Gasteiger partial charge in [0.05, 0.1) is 12.9 Å². The molecule has 0 radical (unpaired) electrons. The van der Waals surface area contributed by atoms with Crippen molar-refractivity contribution in [1.82, 2.24) is 9.71 Å². The minimum atomic E-state index is -3.55. The van der Waals surface area contributed by atoms with E-state index in [1.54, 1.807) is 0 Å². The summed E-state index contributed by atoms with van der Waals surface area (Å²) < 4.78 is 32.2. The Bertz CT molecular complexity index is 829. The number of ether oxygens (including phenoxy) is 1. The third-order valence-corrected chi connectivity index (χ3v) is 6.14. The number of benzene rings is 1. The molecule has 1 aromatic heterocycles. The third kappa shape index (κ3) is 6.66. The average molecular weight is 395 g/mol. The van der Waals surface area contributed by atoms with Crippen LogP contribution < -0.4 is 4.72 Å². The number of aromatic amines is 1. The van der Waals surface area contributed by atoms with Crippen molar-refractivity contribution < 1.29 is 17.9 Å². The van der Waals surface area contributed by atoms with Gasteiger partial charge in [0.25, 0.3) is 0 Å². The number of H-pyrrole nitrogens is 1. The molecule has 0 aliphatic rings. The van der Waals surface area contributed by atoms with E-state index in [9.17, 15) is 13.2 Å². The molecule has 0 aliphatic carbocycles. The number of aromatic nitrogens is 1. The van der Waals surface area contributed by atoms with Gasteiger partial charge in [-0.05, 0) is 18.1 Å². The Morgan fingerprint density at radius 1 is 1.15 bits per heavy atom. The lowest BCUT2D eigenvalue weighted by atomic mass is 10.1. The predicted octanol–water partition coefficient (Wildman–Crippen LogP) is 3.53. The van der Waals surface area contributed by atoms with Gasteiger partial charge >= 0.3 is 5.97 Å². The summed E-state index contributed by atoms with van der Waals surface area (Å²) in [6.07, 6.45) is 8.05. The number of hydrogen-bond acceptors (Lipinski definition) is 4. The van der Waals surface area contributed by atoms with Crippen LogP contribution in [0.25, 0.3) is 10.9 Å². The number of carbonyl (C=O) groups is 1. The second-order valence-corrected chi connectivity index (χ2v) is 8.72. The van der Waals surface area contributed by atoms with Gasteiger partial charge in [-0.25, -0.2) is 13.1 Å². The molecule has 1 heterocycles. The molecule has 1 unspecified atom stereocenters. The first-order valence-corrected chi connectivity index (χ1v) is 11.2. The summed E-state index contributed by atoms with van der Waals surface area (Å²) in [5.41, 5.74) is 1.83. The number of fused-ring (bicyclic) bond motifs is 1. The Kier molecular flexibility index (Phi) is 8.31. The van der Waals surface area contributed by atoms with E-state index in [1.165, 1.54) is 13.5 Å². The van der Waals surface area contributed by atoms with Gasteiger partial charge in [0.2, 0.25) is 10.0 Å². The zero-order valence-corrected chi connectivity index (χ0v) is 17.0. The molecule has 0 spiro atoms. The quantitative estimate of drug-likeness (QED) is 0.426. The van der Waals surface area contributed by atoms with Crippen LogP contribution in [0.5, 0.6) is 0 Å². The van der Waals surface area contributed by atoms with E-state index in [0.29, 0.717) is 6.42 Å². The Morgan fingerprint density at radius 3 is 2.59 bits per heavy atom. The average Bonchev–Trinajstić information content (AvgIpc) is 3.06. The van der Waals surface area contributed by atoms with Gasteiger partial charge in [-0.2, -0.15) is 0 Å². The van der Waals surface area contributed by atoms with Crippen LogP contribution in [0.4, 0.5) is 0 Å². The topological polar surface area (TPSA) is 88.3 Å². The minimum Gasteiger partial charge on any atom is -0.468 e. The number of methoxy groups -OCH3 is 1. The van der Waals surface area contributed by atoms with Gasteiger partial charge < -0.3 is 9.72 Å². The Hall–Kier alpha value is -1.86. The van der Waals surface area contributed by atoms with Crippen LogP contribution in [0, 0.1) is 0 Å². The van der Waals surface area contributed by atoms with Crippen LogP contribution >= 0.6 is 0 Å². The normalized spacial score (nSPS) is 13.0. The number of unbranched alkanes of at least 4 members (excludes halogenated alkanes) is 5. The van der Waals surface area contributed by atoms with E-state index < -0.39 is 22.0 Å². The van der Waals surface area contributed by atoms with Crippen molar-refractivity contribution in [2.75, 3.05) is 12.9 Å². The number of nitrogens with one attached hydrogen (secondary N) is 2. The van der Waals surface area contributed by atoms with Crippen molar-refractivity contribution in [3.05, 3.63) is 36.0 Å². The number of esters is 1. The standard InChI is InChI=1S/C20H30N2O4S/c1-3-4-5-6-7-10-13-27(24,25)22-19(20(23)26-2)14-16-15-21-18-12-9-8-11-17(16)18/h8-9,11-12,15,19,21-22H,3-7,10,13-14H2,1-2H3. The molecule has 0 aliphatic heterocycles. The SMILES string of the molecule is CCCCCCCCS(=O)(=O)NC(Cc1c[nH]c2ccccc12)C(=O)OC. The van der Waals surface area contributed by atoms with Crippen LogP contribution in [-0.4, -0.2) is 38.3 Å². The first-order chi connectivity index (χ1) is 13.0. The van der Waals surface area contributed by atoms with Gasteiger partial charge in [0.1, 0.15) is 6.04 Å². The van der Waals surface area contributed by atoms with Gasteiger partial charge in [-0.3, -0.25) is 4.79 Å². The van der Waals surface area contributed by atoms with Crippen LogP contribution in [0.3, 0.4) is 0 Å². The smallest absolute Gasteiger partial charge is 0.324 e. The number of hydrogen-bond donors (Lipinski definition) is 2. The van der Waals surface area contributed by atoms with Crippen molar-refractivity contribution in [2.24, 2.45) is 0 Å². The molecule has 2 N–H and O–H groups in total. The van der Waals surface area contributed by atoms with Gasteiger partial charge in [0, 0.05) is 23.5 Å². The molecule has 2 rings (SSSR count). The Balaban J connectivity index is 1.98. The molecule has 150 valence electrons. The summed E-state index contributed by atoms with van der Waals surface area (Å²) in [5, 5.41) is 0.974. The predicted molar refractivity (Wildman–Crippen MR) is 108 cm³/mol. The molecule has 2 aromatic rings. The Morgan fingerprint density at radius 2 is 1.85 bits per heavy atom. The van der Waals surface area contributed by atoms with Gasteiger partial charge in [0.15, 0.2) is 0 Å². The number of sulfonamides is 1. The van der Waals surface area contributed by atoms with E-state index in [-0.39, 0.29) is 12.2 Å². The second-order valence-electron chi connectivity index (χ2n) is 6.84. The van der Waals surface area contributed by atoms with Gasteiger partial charge in [-0.1, -0.05) is 57.2 Å². The fourth-order valence-electron chi connectivity index (χ4n) is 3.18. The first kappa shape index (κ1) is 21.4. The van der Waals surface area contributed by atoms with E-state index in [1.807, 2.05) is 30.5 Å². The first-order valence-electron chi connectivity index (χ1n) is 9.59. The zero-order valence-electron chi connectivity index (χ0n) is 16.2. The Labute approximate surface area is 161 Å². The maximum Gasteiger partial charge on any atom is 0.324 e. The number of carbonyl (C=O) groups excluding carboxylic acids is 1. The maximum atomic E-state index is 12.4. The lowest BCUT2D eigenvalue weighted by Crippen LogP contribution is -2.43. The molecule has 0 saturated heterocycles. The van der Waals surface area contributed by atoms with Crippen molar-refractivity contribution in [3.8, 4) is 0 Å². The highest BCUT2D eigenvalue weighted by Crippen LogP contribution is 2.19. The van der Waals surface area contributed by atoms with Crippen LogP contribution in [0.1, 0.15) is 51.0 Å². The van der Waals surface area contributed by atoms with Crippen LogP contribution in [0.15, 0.2) is 30.5 Å². The molecule has 1 atom stereocenters. The fourth-order valence-corrected chi connectivity index (χ4v) is 4.50. The molecule has 0 amide bonds. The summed E-state index contributed by atoms with van der Waals surface area (Å²) in [6, 6.07) is 6.79. The van der Waals surface area contributed by atoms with Crippen molar-refractivity contribution in [3.63, 3.8) is 0 Å². The molecule has 27 heavy (non-hydrogen) atoms. The molecular weight excluding hydrogens is 364 g/mol. The van der Waals surface area contributed by atoms with E-state index in [0.717, 1.165) is 42.1 Å². The molecular formula is C20H30N2O4S. The van der Waals surface area contributed by atoms with Crippen molar-refractivity contribution in [1.29, 1.82) is 0 Å². The third-order valence-electron chi connectivity index (χ3n) is 4.67. The monoisotopic (exact) mass is 394 g/mol. The maximum absolute atomic E-state index is 12.4. The zero-order chi connectivity index (χ0) is 19.7. The highest BCUT2D eigenvalue weighted by atomic mass is 32.2. The van der Waals surface area contributed by atoms with E-state index in [2.05, 4.69) is 16.6 Å². The molecule has 7 heteroatoms. The lowest BCUT2D eigenvalue weighted by molar-refractivity contribution is -0.142. The van der Waals surface area contributed by atoms with Crippen molar-refractivity contribution in [2.45, 2.75) is 57.9 Å². The summed E-state index contributed by atoms with van der Waals surface area (Å²) in [5.74, 6) is -0.549. The summed E-state index contributed by atoms with van der Waals surface area (Å²) in [6.45, 7) is 2.15. The largest absolute Gasteiger partial charge is 0.468 e. The molecule has 1 aromatic carbocycles. The highest BCUT2D eigenvalue weighted by Gasteiger charge is 2.26. The van der Waals surface area contributed by atoms with Crippen LogP contribution in [-0.2, 0) is 26.0 Å². The minimum absolute atomic E-state index is 0.0283. The summed E-state index contributed by atoms with van der Waals surface area (Å²) in [7, 11) is -2.28. The molecule has 0 saturated carbocycles. The molecule has 0 fully saturated rings. The molecule has 6 nitrogen and oxygen atoms in total. The number of rotatable bonds is 12. The van der Waals surface area contributed by atoms with E-state index in [4.69, 9.17) is 4.74 Å². The molecule has 0 bridgehead atoms. The fraction of sp³-hybridized carbons (Fsp3) is 0.550.